The molecular formula is C50H84N2O6P+. The summed E-state index contributed by atoms with van der Waals surface area (Å²) in [6.45, 7) is 4.49. The lowest BCUT2D eigenvalue weighted by atomic mass is 10.1. The molecule has 0 aliphatic heterocycles. The molecule has 0 aromatic rings. The van der Waals surface area contributed by atoms with Crippen LogP contribution in [0.1, 0.15) is 136 Å². The van der Waals surface area contributed by atoms with Gasteiger partial charge >= 0.3 is 7.82 Å². The molecule has 0 heterocycles. The van der Waals surface area contributed by atoms with E-state index >= 15 is 0 Å². The molecule has 0 aliphatic rings. The lowest BCUT2D eigenvalue weighted by Gasteiger charge is -2.25. The highest BCUT2D eigenvalue weighted by Gasteiger charge is 2.27. The van der Waals surface area contributed by atoms with Gasteiger partial charge in [-0.25, -0.2) is 4.57 Å². The largest absolute Gasteiger partial charge is 0.472 e. The smallest absolute Gasteiger partial charge is 0.387 e. The number of phosphoric acid groups is 1. The average molecular weight is 840 g/mol. The number of hydrogen-bond acceptors (Lipinski definition) is 5. The lowest BCUT2D eigenvalue weighted by molar-refractivity contribution is -0.870. The summed E-state index contributed by atoms with van der Waals surface area (Å²) >= 11 is 0. The predicted octanol–water partition coefficient (Wildman–Crippen LogP) is 12.7. The van der Waals surface area contributed by atoms with Crippen molar-refractivity contribution in [1.29, 1.82) is 0 Å². The number of amides is 1. The van der Waals surface area contributed by atoms with Crippen molar-refractivity contribution in [2.45, 2.75) is 148 Å². The summed E-state index contributed by atoms with van der Waals surface area (Å²) in [5, 5.41) is 13.7. The number of allylic oxidation sites excluding steroid dienone is 19. The molecule has 3 unspecified atom stereocenters. The van der Waals surface area contributed by atoms with E-state index in [1.165, 1.54) is 0 Å². The molecule has 0 aliphatic carbocycles. The van der Waals surface area contributed by atoms with Crippen LogP contribution >= 0.6 is 7.82 Å². The Labute approximate surface area is 361 Å². The van der Waals surface area contributed by atoms with Gasteiger partial charge < -0.3 is 19.8 Å². The van der Waals surface area contributed by atoms with Crippen LogP contribution in [0.3, 0.4) is 0 Å². The molecule has 59 heavy (non-hydrogen) atoms. The molecule has 0 saturated carbocycles. The second kappa shape index (κ2) is 40.3. The van der Waals surface area contributed by atoms with E-state index in [1.54, 1.807) is 6.08 Å². The number of nitrogens with zero attached hydrogens (tertiary/aromatic N) is 1. The normalized spacial score (nSPS) is 15.4. The zero-order valence-electron chi connectivity index (χ0n) is 37.7. The van der Waals surface area contributed by atoms with E-state index in [4.69, 9.17) is 9.05 Å². The maximum Gasteiger partial charge on any atom is 0.472 e. The minimum Gasteiger partial charge on any atom is -0.387 e. The molecule has 9 heteroatoms. The highest BCUT2D eigenvalue weighted by molar-refractivity contribution is 7.47. The van der Waals surface area contributed by atoms with Crippen molar-refractivity contribution in [3.63, 3.8) is 0 Å². The Kier molecular flexibility index (Phi) is 38.2. The van der Waals surface area contributed by atoms with Gasteiger partial charge in [-0.2, -0.15) is 0 Å². The number of carbonyl (C=O) groups excluding carboxylic acids is 1. The van der Waals surface area contributed by atoms with Crippen molar-refractivity contribution >= 4 is 13.7 Å². The number of likely N-dealkylation sites (N-methyl/N-ethyl adjacent to an activating group) is 1. The van der Waals surface area contributed by atoms with Gasteiger partial charge in [-0.1, -0.05) is 155 Å². The van der Waals surface area contributed by atoms with Crippen molar-refractivity contribution in [2.24, 2.45) is 0 Å². The first-order valence-electron chi connectivity index (χ1n) is 22.4. The average Bonchev–Trinajstić information content (AvgIpc) is 3.19. The first-order valence-corrected chi connectivity index (χ1v) is 23.9. The Morgan fingerprint density at radius 2 is 0.983 bits per heavy atom. The number of aliphatic hydroxyl groups excluding tert-OH is 1. The Morgan fingerprint density at radius 3 is 1.49 bits per heavy atom. The summed E-state index contributed by atoms with van der Waals surface area (Å²) in [5.74, 6) is -0.220. The van der Waals surface area contributed by atoms with E-state index in [0.717, 1.165) is 116 Å². The molecule has 0 saturated heterocycles. The van der Waals surface area contributed by atoms with Crippen molar-refractivity contribution in [3.05, 3.63) is 122 Å². The van der Waals surface area contributed by atoms with Gasteiger partial charge in [-0.05, 0) is 96.3 Å². The van der Waals surface area contributed by atoms with Crippen LogP contribution in [0.25, 0.3) is 0 Å². The van der Waals surface area contributed by atoms with Crippen molar-refractivity contribution in [3.8, 4) is 0 Å². The van der Waals surface area contributed by atoms with Crippen molar-refractivity contribution in [2.75, 3.05) is 40.9 Å². The Hall–Kier alpha value is -3.10. The minimum atomic E-state index is -4.36. The molecule has 3 atom stereocenters. The number of nitrogens with one attached hydrogen (secondary N) is 1. The molecule has 0 rings (SSSR count). The van der Waals surface area contributed by atoms with Gasteiger partial charge in [0.15, 0.2) is 0 Å². The zero-order valence-corrected chi connectivity index (χ0v) is 38.6. The summed E-state index contributed by atoms with van der Waals surface area (Å²) in [5.41, 5.74) is 0. The molecule has 0 radical (unpaired) electrons. The van der Waals surface area contributed by atoms with Crippen LogP contribution in [0, 0.1) is 0 Å². The molecule has 0 aromatic heterocycles. The minimum absolute atomic E-state index is 0.0414. The second-order valence-corrected chi connectivity index (χ2v) is 17.1. The quantitative estimate of drug-likeness (QED) is 0.0248. The van der Waals surface area contributed by atoms with Gasteiger partial charge in [0.1, 0.15) is 13.2 Å². The van der Waals surface area contributed by atoms with E-state index in [0.29, 0.717) is 17.4 Å². The fourth-order valence-electron chi connectivity index (χ4n) is 5.41. The fourth-order valence-corrected chi connectivity index (χ4v) is 6.15. The molecule has 8 nitrogen and oxygen atoms in total. The summed E-state index contributed by atoms with van der Waals surface area (Å²) in [4.78, 5) is 23.1. The van der Waals surface area contributed by atoms with Gasteiger partial charge in [0.25, 0.3) is 0 Å². The molecule has 0 spiro atoms. The van der Waals surface area contributed by atoms with E-state index in [1.807, 2.05) is 27.2 Å². The topological polar surface area (TPSA) is 105 Å². The van der Waals surface area contributed by atoms with Crippen molar-refractivity contribution < 1.29 is 32.9 Å². The number of quaternary nitrogens is 1. The standard InChI is InChI=1S/C50H83N2O6P/c1-6-8-10-12-14-16-18-19-20-21-22-23-24-25-26-27-28-29-30-31-32-33-34-36-38-40-42-44-50(54)51-48(47-58-59(55,56)57-46-45-52(3,4)5)49(53)43-41-39-37-35-17-15-13-11-9-7-2/h8-11,14,16-17,19-20,22-23,25-26,28-29,31-32,35,41,43,48-49,53H,6-7,12-13,15,18,21,24,27,30,33-34,36-40,42,44-47H2,1-5H3,(H-,51,54,55,56)/p+1/b10-8-,11-9+,16-14-,20-19-,23-22-,26-25-,29-28-,32-31-,35-17+,43-41+. The number of aliphatic hydroxyl groups is 1. The lowest BCUT2D eigenvalue weighted by Crippen LogP contribution is -2.45. The van der Waals surface area contributed by atoms with Crippen LogP contribution in [0.4, 0.5) is 0 Å². The Balaban J connectivity index is 4.37. The van der Waals surface area contributed by atoms with Crippen LogP contribution < -0.4 is 5.32 Å². The number of hydrogen-bond donors (Lipinski definition) is 3. The first kappa shape index (κ1) is 55.9. The van der Waals surface area contributed by atoms with Gasteiger partial charge in [-0.3, -0.25) is 13.8 Å². The van der Waals surface area contributed by atoms with Gasteiger partial charge in [0.05, 0.1) is 39.9 Å². The molecule has 0 bridgehead atoms. The Bertz CT molecular complexity index is 1370. The molecule has 3 N–H and O–H groups in total. The molecule has 1 amide bonds. The van der Waals surface area contributed by atoms with Crippen LogP contribution in [0.15, 0.2) is 122 Å². The van der Waals surface area contributed by atoms with Crippen molar-refractivity contribution in [1.82, 2.24) is 5.32 Å². The summed E-state index contributed by atoms with van der Waals surface area (Å²) < 4.78 is 23.5. The highest BCUT2D eigenvalue weighted by atomic mass is 31.2. The third kappa shape index (κ3) is 42.8. The highest BCUT2D eigenvalue weighted by Crippen LogP contribution is 2.43. The maximum atomic E-state index is 12.8. The summed E-state index contributed by atoms with van der Waals surface area (Å²) in [6, 6.07) is -0.887. The second-order valence-electron chi connectivity index (χ2n) is 15.6. The van der Waals surface area contributed by atoms with Crippen LogP contribution in [-0.2, 0) is 18.4 Å². The third-order valence-corrected chi connectivity index (χ3v) is 9.89. The Morgan fingerprint density at radius 1 is 0.576 bits per heavy atom. The maximum absolute atomic E-state index is 12.8. The number of unbranched alkanes of at least 4 members (excludes halogenated alkanes) is 7. The monoisotopic (exact) mass is 840 g/mol. The molecule has 334 valence electrons. The van der Waals surface area contributed by atoms with Crippen LogP contribution in [0.5, 0.6) is 0 Å². The molecule has 0 aromatic carbocycles. The van der Waals surface area contributed by atoms with Gasteiger partial charge in [0.2, 0.25) is 5.91 Å². The van der Waals surface area contributed by atoms with E-state index in [2.05, 4.69) is 129 Å². The fraction of sp³-hybridized carbons (Fsp3) is 0.580. The van der Waals surface area contributed by atoms with Gasteiger partial charge in [0, 0.05) is 6.42 Å². The van der Waals surface area contributed by atoms with Gasteiger partial charge in [-0.15, -0.1) is 0 Å². The molecule has 0 fully saturated rings. The summed E-state index contributed by atoms with van der Waals surface area (Å²) in [7, 11) is 1.50. The predicted molar refractivity (Wildman–Crippen MR) is 253 cm³/mol. The van der Waals surface area contributed by atoms with E-state index in [9.17, 15) is 19.4 Å². The summed E-state index contributed by atoms with van der Waals surface area (Å²) in [6.07, 6.45) is 60.0. The van der Waals surface area contributed by atoms with E-state index < -0.39 is 20.0 Å². The zero-order chi connectivity index (χ0) is 43.6. The number of carbonyl (C=O) groups is 1. The van der Waals surface area contributed by atoms with Crippen LogP contribution in [-0.4, -0.2) is 73.4 Å². The van der Waals surface area contributed by atoms with Crippen LogP contribution in [0.2, 0.25) is 0 Å². The van der Waals surface area contributed by atoms with E-state index in [-0.39, 0.29) is 19.1 Å². The number of phosphoric ester groups is 1. The SMILES string of the molecule is CC/C=C\C/C=C\C/C=C\C/C=C\C/C=C\C/C=C\C/C=C\CCCCCCCC(=O)NC(COP(=O)(O)OCC[N+](C)(C)C)C(O)/C=C/CC/C=C/CC/C=C/CC. The first-order chi connectivity index (χ1) is 28.5. The third-order valence-electron chi connectivity index (χ3n) is 8.90. The molecular weight excluding hydrogens is 756 g/mol. The number of rotatable bonds is 38.